The van der Waals surface area contributed by atoms with Gasteiger partial charge in [0.15, 0.2) is 5.82 Å². The number of non-ortho nitro benzene ring substituents is 1. The number of benzene rings is 1. The van der Waals surface area contributed by atoms with Gasteiger partial charge >= 0.3 is 0 Å². The van der Waals surface area contributed by atoms with E-state index in [9.17, 15) is 14.5 Å². The van der Waals surface area contributed by atoms with E-state index in [-0.39, 0.29) is 29.0 Å². The molecule has 0 amide bonds. The first-order chi connectivity index (χ1) is 10.1. The minimum Gasteiger partial charge on any atom is -0.376 e. The maximum Gasteiger partial charge on any atom is 0.281 e. The molecule has 2 unspecified atom stereocenters. The van der Waals surface area contributed by atoms with Gasteiger partial charge in [-0.15, -0.1) is 0 Å². The summed E-state index contributed by atoms with van der Waals surface area (Å²) in [5.74, 6) is -0.674. The van der Waals surface area contributed by atoms with Crippen molar-refractivity contribution in [1.29, 1.82) is 0 Å². The van der Waals surface area contributed by atoms with Crippen LogP contribution in [0.15, 0.2) is 24.4 Å². The molecule has 3 rings (SSSR count). The van der Waals surface area contributed by atoms with E-state index in [4.69, 9.17) is 4.74 Å². The maximum absolute atomic E-state index is 14.3. The monoisotopic (exact) mass is 291 g/mol. The molecule has 1 aromatic carbocycles. The standard InChI is InChI=1S/C14H14FN3O3/c1-8-11(4-6-21-8)17-14-10(15)7-12(18(19)20)9-3-2-5-16-13(9)14/h2-3,5,7-8,11,17H,4,6H2,1H3. The highest BCUT2D eigenvalue weighted by atomic mass is 19.1. The quantitative estimate of drug-likeness (QED) is 0.695. The van der Waals surface area contributed by atoms with Crippen molar-refractivity contribution in [3.8, 4) is 0 Å². The van der Waals surface area contributed by atoms with Gasteiger partial charge in [0.2, 0.25) is 0 Å². The van der Waals surface area contributed by atoms with E-state index in [2.05, 4.69) is 10.3 Å². The number of aromatic nitrogens is 1. The third kappa shape index (κ3) is 2.40. The summed E-state index contributed by atoms with van der Waals surface area (Å²) in [5, 5.41) is 14.4. The zero-order chi connectivity index (χ0) is 15.0. The van der Waals surface area contributed by atoms with Gasteiger partial charge < -0.3 is 10.1 Å². The lowest BCUT2D eigenvalue weighted by Crippen LogP contribution is -2.27. The second-order valence-corrected chi connectivity index (χ2v) is 5.02. The molecular formula is C14H14FN3O3. The Labute approximate surface area is 120 Å². The number of rotatable bonds is 3. The van der Waals surface area contributed by atoms with Crippen LogP contribution in [0.1, 0.15) is 13.3 Å². The van der Waals surface area contributed by atoms with E-state index in [1.165, 1.54) is 6.20 Å². The average molecular weight is 291 g/mol. The van der Waals surface area contributed by atoms with Gasteiger partial charge in [0.05, 0.1) is 34.2 Å². The molecule has 0 aliphatic carbocycles. The van der Waals surface area contributed by atoms with Crippen molar-refractivity contribution in [3.05, 3.63) is 40.3 Å². The van der Waals surface area contributed by atoms with Gasteiger partial charge in [0.25, 0.3) is 5.69 Å². The molecule has 21 heavy (non-hydrogen) atoms. The molecular weight excluding hydrogens is 277 g/mol. The first-order valence-corrected chi connectivity index (χ1v) is 6.67. The lowest BCUT2D eigenvalue weighted by molar-refractivity contribution is -0.383. The number of hydrogen-bond donors (Lipinski definition) is 1. The summed E-state index contributed by atoms with van der Waals surface area (Å²) < 4.78 is 19.7. The van der Waals surface area contributed by atoms with Gasteiger partial charge in [-0.1, -0.05) is 0 Å². The summed E-state index contributed by atoms with van der Waals surface area (Å²) >= 11 is 0. The topological polar surface area (TPSA) is 77.3 Å². The number of pyridine rings is 1. The van der Waals surface area contributed by atoms with Crippen molar-refractivity contribution in [1.82, 2.24) is 4.98 Å². The molecule has 2 aromatic rings. The van der Waals surface area contributed by atoms with E-state index >= 15 is 0 Å². The largest absolute Gasteiger partial charge is 0.376 e. The number of hydrogen-bond acceptors (Lipinski definition) is 5. The normalized spacial score (nSPS) is 21.6. The molecule has 1 saturated heterocycles. The van der Waals surface area contributed by atoms with E-state index < -0.39 is 10.7 Å². The van der Waals surface area contributed by atoms with Crippen LogP contribution in [0.2, 0.25) is 0 Å². The van der Waals surface area contributed by atoms with Gasteiger partial charge in [-0.25, -0.2) is 4.39 Å². The fourth-order valence-electron chi connectivity index (χ4n) is 2.59. The van der Waals surface area contributed by atoms with Crippen molar-refractivity contribution in [2.75, 3.05) is 11.9 Å². The number of anilines is 1. The van der Waals surface area contributed by atoms with Crippen molar-refractivity contribution in [2.45, 2.75) is 25.5 Å². The molecule has 1 aromatic heterocycles. The van der Waals surface area contributed by atoms with Crippen molar-refractivity contribution in [2.24, 2.45) is 0 Å². The molecule has 0 radical (unpaired) electrons. The Bertz CT molecular complexity index is 707. The van der Waals surface area contributed by atoms with Crippen LogP contribution < -0.4 is 5.32 Å². The zero-order valence-electron chi connectivity index (χ0n) is 11.4. The molecule has 1 N–H and O–H groups in total. The average Bonchev–Trinajstić information content (AvgIpc) is 2.86. The van der Waals surface area contributed by atoms with Gasteiger partial charge in [-0.2, -0.15) is 0 Å². The van der Waals surface area contributed by atoms with Crippen molar-refractivity contribution >= 4 is 22.3 Å². The highest BCUT2D eigenvalue weighted by Crippen LogP contribution is 2.34. The molecule has 0 bridgehead atoms. The van der Waals surface area contributed by atoms with Crippen LogP contribution in [-0.2, 0) is 4.74 Å². The zero-order valence-corrected chi connectivity index (χ0v) is 11.4. The van der Waals surface area contributed by atoms with Crippen LogP contribution in [0.25, 0.3) is 10.9 Å². The van der Waals surface area contributed by atoms with Crippen LogP contribution in [0.4, 0.5) is 15.8 Å². The van der Waals surface area contributed by atoms with Gasteiger partial charge in [0.1, 0.15) is 5.52 Å². The molecule has 0 spiro atoms. The SMILES string of the molecule is CC1OCCC1Nc1c(F)cc([N+](=O)[O-])c2cccnc12. The fourth-order valence-corrected chi connectivity index (χ4v) is 2.59. The second kappa shape index (κ2) is 5.25. The van der Waals surface area contributed by atoms with Crippen LogP contribution in [0.5, 0.6) is 0 Å². The highest BCUT2D eigenvalue weighted by molar-refractivity contribution is 5.97. The number of fused-ring (bicyclic) bond motifs is 1. The predicted molar refractivity (Wildman–Crippen MR) is 75.8 cm³/mol. The predicted octanol–water partition coefficient (Wildman–Crippen LogP) is 2.87. The molecule has 2 atom stereocenters. The summed E-state index contributed by atoms with van der Waals surface area (Å²) in [5.41, 5.74) is 0.179. The summed E-state index contributed by atoms with van der Waals surface area (Å²) in [7, 11) is 0. The molecule has 1 fully saturated rings. The van der Waals surface area contributed by atoms with Crippen LogP contribution in [-0.4, -0.2) is 28.7 Å². The van der Waals surface area contributed by atoms with Gasteiger partial charge in [-0.3, -0.25) is 15.1 Å². The van der Waals surface area contributed by atoms with E-state index in [0.717, 1.165) is 12.5 Å². The van der Waals surface area contributed by atoms with E-state index in [1.54, 1.807) is 12.1 Å². The van der Waals surface area contributed by atoms with Crippen molar-refractivity contribution < 1.29 is 14.1 Å². The Morgan fingerprint density at radius 1 is 1.57 bits per heavy atom. The number of halogens is 1. The Hall–Kier alpha value is -2.28. The molecule has 2 heterocycles. The van der Waals surface area contributed by atoms with Gasteiger partial charge in [0, 0.05) is 12.8 Å². The van der Waals surface area contributed by atoms with Crippen LogP contribution in [0.3, 0.4) is 0 Å². The Morgan fingerprint density at radius 3 is 3.05 bits per heavy atom. The number of nitrogens with zero attached hydrogens (tertiary/aromatic N) is 2. The molecule has 6 nitrogen and oxygen atoms in total. The Kier molecular flexibility index (Phi) is 3.42. The second-order valence-electron chi connectivity index (χ2n) is 5.02. The minimum absolute atomic E-state index is 0.0360. The molecule has 1 aliphatic rings. The fraction of sp³-hybridized carbons (Fsp3) is 0.357. The third-order valence-corrected chi connectivity index (χ3v) is 3.73. The maximum atomic E-state index is 14.3. The molecule has 7 heteroatoms. The molecule has 110 valence electrons. The smallest absolute Gasteiger partial charge is 0.281 e. The Balaban J connectivity index is 2.12. The number of ether oxygens (including phenoxy) is 1. The summed E-state index contributed by atoms with van der Waals surface area (Å²) in [6.45, 7) is 2.52. The Morgan fingerprint density at radius 2 is 2.38 bits per heavy atom. The summed E-state index contributed by atoms with van der Waals surface area (Å²) in [6, 6.07) is 4.07. The van der Waals surface area contributed by atoms with Crippen LogP contribution in [0, 0.1) is 15.9 Å². The highest BCUT2D eigenvalue weighted by Gasteiger charge is 2.27. The van der Waals surface area contributed by atoms with Crippen molar-refractivity contribution in [3.63, 3.8) is 0 Å². The summed E-state index contributed by atoms with van der Waals surface area (Å²) in [6.07, 6.45) is 2.20. The number of nitro groups is 1. The minimum atomic E-state index is -0.674. The number of nitrogens with one attached hydrogen (secondary N) is 1. The van der Waals surface area contributed by atoms with Gasteiger partial charge in [-0.05, 0) is 25.5 Å². The molecule has 1 aliphatic heterocycles. The number of nitro benzene ring substituents is 1. The van der Waals surface area contributed by atoms with E-state index in [0.29, 0.717) is 12.0 Å². The lowest BCUT2D eigenvalue weighted by atomic mass is 10.1. The van der Waals surface area contributed by atoms with E-state index in [1.807, 2.05) is 6.92 Å². The van der Waals surface area contributed by atoms with Crippen LogP contribution >= 0.6 is 0 Å². The first-order valence-electron chi connectivity index (χ1n) is 6.67. The first kappa shape index (κ1) is 13.7. The summed E-state index contributed by atoms with van der Waals surface area (Å²) in [4.78, 5) is 14.6. The molecule has 0 saturated carbocycles. The lowest BCUT2D eigenvalue weighted by Gasteiger charge is -2.18. The third-order valence-electron chi connectivity index (χ3n) is 3.73.